The van der Waals surface area contributed by atoms with Crippen molar-refractivity contribution >= 4 is 17.6 Å². The molecule has 1 aliphatic rings. The van der Waals surface area contributed by atoms with Gasteiger partial charge in [0, 0.05) is 19.2 Å². The van der Waals surface area contributed by atoms with Crippen LogP contribution in [0.4, 0.5) is 17.6 Å². The molecule has 1 atom stereocenters. The highest BCUT2D eigenvalue weighted by molar-refractivity contribution is 5.50. The van der Waals surface area contributed by atoms with Crippen LogP contribution in [0.3, 0.4) is 0 Å². The topological polar surface area (TPSA) is 81.1 Å². The smallest absolute Gasteiger partial charge is 0.223 e. The first-order valence-electron chi connectivity index (χ1n) is 5.84. The second-order valence-electron chi connectivity index (χ2n) is 4.37. The third-order valence-electron chi connectivity index (χ3n) is 3.17. The molecule has 4 N–H and O–H groups in total. The molecule has 1 unspecified atom stereocenters. The SMILES string of the molecule is CCC1CCCN(c2cc(N)nc(N)n2)C1. The first kappa shape index (κ1) is 11.0. The van der Waals surface area contributed by atoms with E-state index in [4.69, 9.17) is 11.5 Å². The van der Waals surface area contributed by atoms with Gasteiger partial charge < -0.3 is 16.4 Å². The summed E-state index contributed by atoms with van der Waals surface area (Å²) in [7, 11) is 0. The largest absolute Gasteiger partial charge is 0.383 e. The minimum atomic E-state index is 0.258. The van der Waals surface area contributed by atoms with Gasteiger partial charge in [-0.25, -0.2) is 0 Å². The van der Waals surface area contributed by atoms with E-state index in [9.17, 15) is 0 Å². The fourth-order valence-electron chi connectivity index (χ4n) is 2.24. The second kappa shape index (κ2) is 4.55. The van der Waals surface area contributed by atoms with Gasteiger partial charge in [0.15, 0.2) is 0 Å². The zero-order valence-corrected chi connectivity index (χ0v) is 9.69. The Morgan fingerprint density at radius 1 is 1.44 bits per heavy atom. The van der Waals surface area contributed by atoms with Crippen LogP contribution in [0.15, 0.2) is 6.07 Å². The Hall–Kier alpha value is -1.52. The molecule has 1 aromatic heterocycles. The maximum absolute atomic E-state index is 5.68. The van der Waals surface area contributed by atoms with Gasteiger partial charge in [0.2, 0.25) is 5.95 Å². The molecule has 0 amide bonds. The van der Waals surface area contributed by atoms with Crippen molar-refractivity contribution in [2.24, 2.45) is 5.92 Å². The lowest BCUT2D eigenvalue weighted by Crippen LogP contribution is -2.35. The number of nitrogens with two attached hydrogens (primary N) is 2. The minimum absolute atomic E-state index is 0.258. The van der Waals surface area contributed by atoms with Crippen LogP contribution in [0.2, 0.25) is 0 Å². The number of rotatable bonds is 2. The third kappa shape index (κ3) is 2.35. The molecule has 0 aromatic carbocycles. The number of hydrogen-bond acceptors (Lipinski definition) is 5. The first-order valence-corrected chi connectivity index (χ1v) is 5.84. The number of nitrogen functional groups attached to an aromatic ring is 2. The highest BCUT2D eigenvalue weighted by Gasteiger charge is 2.20. The quantitative estimate of drug-likeness (QED) is 0.786. The van der Waals surface area contributed by atoms with Gasteiger partial charge >= 0.3 is 0 Å². The Balaban J connectivity index is 2.16. The fourth-order valence-corrected chi connectivity index (χ4v) is 2.24. The lowest BCUT2D eigenvalue weighted by atomic mass is 9.96. The summed E-state index contributed by atoms with van der Waals surface area (Å²) in [6.45, 7) is 4.32. The first-order chi connectivity index (χ1) is 7.69. The summed E-state index contributed by atoms with van der Waals surface area (Å²) in [5.74, 6) is 2.32. The molecule has 0 saturated carbocycles. The molecule has 0 bridgehead atoms. The Morgan fingerprint density at radius 2 is 2.25 bits per heavy atom. The average molecular weight is 221 g/mol. The van der Waals surface area contributed by atoms with Crippen LogP contribution in [-0.2, 0) is 0 Å². The van der Waals surface area contributed by atoms with Gasteiger partial charge in [0.25, 0.3) is 0 Å². The standard InChI is InChI=1S/C11H19N5/c1-2-8-4-3-5-16(7-8)10-6-9(12)14-11(13)15-10/h6,8H,2-5,7H2,1H3,(H4,12,13,14,15). The van der Waals surface area contributed by atoms with Crippen LogP contribution in [0, 0.1) is 5.92 Å². The molecule has 88 valence electrons. The summed E-state index contributed by atoms with van der Waals surface area (Å²) < 4.78 is 0. The lowest BCUT2D eigenvalue weighted by molar-refractivity contribution is 0.403. The number of anilines is 3. The van der Waals surface area contributed by atoms with Gasteiger partial charge in [0.05, 0.1) is 0 Å². The third-order valence-corrected chi connectivity index (χ3v) is 3.17. The molecular formula is C11H19N5. The summed E-state index contributed by atoms with van der Waals surface area (Å²) in [6.07, 6.45) is 3.73. The fraction of sp³-hybridized carbons (Fsp3) is 0.636. The van der Waals surface area contributed by atoms with Gasteiger partial charge in [-0.3, -0.25) is 0 Å². The highest BCUT2D eigenvalue weighted by atomic mass is 15.2. The summed E-state index contributed by atoms with van der Waals surface area (Å²) in [6, 6.07) is 1.80. The molecule has 5 nitrogen and oxygen atoms in total. The van der Waals surface area contributed by atoms with Crippen LogP contribution in [0.25, 0.3) is 0 Å². The van der Waals surface area contributed by atoms with E-state index < -0.39 is 0 Å². The Bertz CT molecular complexity index is 345. The van der Waals surface area contributed by atoms with Crippen LogP contribution >= 0.6 is 0 Å². The van der Waals surface area contributed by atoms with Crippen molar-refractivity contribution in [3.05, 3.63) is 6.07 Å². The Morgan fingerprint density at radius 3 is 2.94 bits per heavy atom. The van der Waals surface area contributed by atoms with Gasteiger partial charge in [0.1, 0.15) is 11.6 Å². The van der Waals surface area contributed by atoms with Crippen LogP contribution in [0.1, 0.15) is 26.2 Å². The Labute approximate surface area is 95.9 Å². The van der Waals surface area contributed by atoms with Gasteiger partial charge in [-0.15, -0.1) is 0 Å². The van der Waals surface area contributed by atoms with Crippen molar-refractivity contribution in [1.29, 1.82) is 0 Å². The van der Waals surface area contributed by atoms with Crippen LogP contribution in [0.5, 0.6) is 0 Å². The summed E-state index contributed by atoms with van der Waals surface area (Å²) >= 11 is 0. The molecule has 1 saturated heterocycles. The monoisotopic (exact) mass is 221 g/mol. The average Bonchev–Trinajstić information content (AvgIpc) is 2.28. The number of hydrogen-bond donors (Lipinski definition) is 2. The van der Waals surface area contributed by atoms with Crippen molar-refractivity contribution in [3.8, 4) is 0 Å². The van der Waals surface area contributed by atoms with Crippen molar-refractivity contribution in [1.82, 2.24) is 9.97 Å². The molecule has 0 spiro atoms. The number of nitrogens with zero attached hydrogens (tertiary/aromatic N) is 3. The lowest BCUT2D eigenvalue weighted by Gasteiger charge is -2.33. The second-order valence-corrected chi connectivity index (χ2v) is 4.37. The molecule has 0 aliphatic carbocycles. The van der Waals surface area contributed by atoms with Crippen molar-refractivity contribution in [2.45, 2.75) is 26.2 Å². The van der Waals surface area contributed by atoms with Crippen LogP contribution < -0.4 is 16.4 Å². The zero-order chi connectivity index (χ0) is 11.5. The zero-order valence-electron chi connectivity index (χ0n) is 9.69. The normalized spacial score (nSPS) is 21.1. The molecule has 1 aliphatic heterocycles. The van der Waals surface area contributed by atoms with E-state index in [1.54, 1.807) is 6.07 Å². The van der Waals surface area contributed by atoms with E-state index in [0.717, 1.165) is 24.8 Å². The molecular weight excluding hydrogens is 202 g/mol. The molecule has 0 radical (unpaired) electrons. The maximum atomic E-state index is 5.68. The number of piperidine rings is 1. The maximum Gasteiger partial charge on any atom is 0.223 e. The Kier molecular flexibility index (Phi) is 3.12. The summed E-state index contributed by atoms with van der Waals surface area (Å²) in [5, 5.41) is 0. The van der Waals surface area contributed by atoms with E-state index in [0.29, 0.717) is 5.82 Å². The summed E-state index contributed by atoms with van der Waals surface area (Å²) in [4.78, 5) is 10.4. The van der Waals surface area contributed by atoms with E-state index >= 15 is 0 Å². The van der Waals surface area contributed by atoms with Crippen molar-refractivity contribution < 1.29 is 0 Å². The van der Waals surface area contributed by atoms with Crippen LogP contribution in [-0.4, -0.2) is 23.1 Å². The molecule has 2 heterocycles. The molecule has 1 fully saturated rings. The van der Waals surface area contributed by atoms with E-state index in [1.165, 1.54) is 19.3 Å². The van der Waals surface area contributed by atoms with E-state index in [2.05, 4.69) is 21.8 Å². The summed E-state index contributed by atoms with van der Waals surface area (Å²) in [5.41, 5.74) is 11.3. The molecule has 2 rings (SSSR count). The molecule has 5 heteroatoms. The van der Waals surface area contributed by atoms with Crippen molar-refractivity contribution in [2.75, 3.05) is 29.5 Å². The van der Waals surface area contributed by atoms with Crippen molar-refractivity contribution in [3.63, 3.8) is 0 Å². The molecule has 1 aromatic rings. The van der Waals surface area contributed by atoms with Gasteiger partial charge in [-0.05, 0) is 18.8 Å². The number of aromatic nitrogens is 2. The predicted molar refractivity (Wildman–Crippen MR) is 66.1 cm³/mol. The minimum Gasteiger partial charge on any atom is -0.383 e. The van der Waals surface area contributed by atoms with Gasteiger partial charge in [-0.2, -0.15) is 9.97 Å². The molecule has 16 heavy (non-hydrogen) atoms. The van der Waals surface area contributed by atoms with E-state index in [-0.39, 0.29) is 5.95 Å². The predicted octanol–water partition coefficient (Wildman–Crippen LogP) is 1.27. The highest BCUT2D eigenvalue weighted by Crippen LogP contribution is 2.24. The van der Waals surface area contributed by atoms with Gasteiger partial charge in [-0.1, -0.05) is 13.3 Å². The van der Waals surface area contributed by atoms with E-state index in [1.807, 2.05) is 0 Å².